The number of hydrazone groups is 1. The van der Waals surface area contributed by atoms with Crippen molar-refractivity contribution < 1.29 is 22.7 Å². The zero-order valence-corrected chi connectivity index (χ0v) is 24.7. The number of hydrogen-bond acceptors (Lipinski definition) is 7. The number of nitrogens with one attached hydrogen (secondary N) is 2. The maximum Gasteiger partial charge on any atom is 0.242 e. The van der Waals surface area contributed by atoms with Crippen LogP contribution in [0.2, 0.25) is 0 Å². The number of rotatable bonds is 13. The molecule has 0 bridgehead atoms. The molecular formula is C33H32N4O5S. The number of carbonyl (C=O) groups is 1. The van der Waals surface area contributed by atoms with Crippen molar-refractivity contribution in [1.82, 2.24) is 10.1 Å². The van der Waals surface area contributed by atoms with Crippen LogP contribution in [-0.4, -0.2) is 27.1 Å². The Labute approximate surface area is 251 Å². The van der Waals surface area contributed by atoms with Gasteiger partial charge in [0.15, 0.2) is 11.5 Å². The minimum absolute atomic E-state index is 0.115. The predicted octanol–water partition coefficient (Wildman–Crippen LogP) is 5.40. The molecular weight excluding hydrogens is 564 g/mol. The SMILES string of the molecule is CCOc1cc(/C=N\NC(=O)C[C@H](NS(=O)(=O)c2ccc(C)cc2)c2ccccc2)ccc1OCc1ccccc1C#N. The number of carbonyl (C=O) groups excluding carboxylic acids is 1. The Morgan fingerprint density at radius 3 is 2.40 bits per heavy atom. The second-order valence-corrected chi connectivity index (χ2v) is 11.3. The number of nitrogens with zero attached hydrogens (tertiary/aromatic N) is 2. The van der Waals surface area contributed by atoms with Crippen LogP contribution in [0.15, 0.2) is 107 Å². The lowest BCUT2D eigenvalue weighted by Crippen LogP contribution is -2.32. The van der Waals surface area contributed by atoms with Gasteiger partial charge in [-0.25, -0.2) is 18.6 Å². The molecule has 2 N–H and O–H groups in total. The van der Waals surface area contributed by atoms with Crippen molar-refractivity contribution in [2.45, 2.75) is 37.8 Å². The summed E-state index contributed by atoms with van der Waals surface area (Å²) in [5, 5.41) is 13.4. The lowest BCUT2D eigenvalue weighted by atomic mass is 10.0. The first-order valence-corrected chi connectivity index (χ1v) is 15.1. The topological polar surface area (TPSA) is 130 Å². The van der Waals surface area contributed by atoms with Gasteiger partial charge in [-0.15, -0.1) is 0 Å². The Kier molecular flexibility index (Phi) is 10.6. The van der Waals surface area contributed by atoms with Crippen LogP contribution >= 0.6 is 0 Å². The molecule has 0 radical (unpaired) electrons. The highest BCUT2D eigenvalue weighted by atomic mass is 32.2. The van der Waals surface area contributed by atoms with E-state index in [1.54, 1.807) is 66.7 Å². The molecule has 4 aromatic rings. The van der Waals surface area contributed by atoms with E-state index in [1.165, 1.54) is 18.3 Å². The fourth-order valence-electron chi connectivity index (χ4n) is 4.20. The zero-order valence-electron chi connectivity index (χ0n) is 23.9. The standard InChI is InChI=1S/C33H32N4O5S/c1-3-41-32-19-25(15-18-31(32)42-23-28-12-8-7-11-27(28)21-34)22-35-36-33(38)20-30(26-9-5-4-6-10-26)37-43(39,40)29-16-13-24(2)14-17-29/h4-19,22,30,37H,3,20,23H2,1-2H3,(H,36,38)/b35-22-/t30-/m0/s1. The zero-order chi connectivity index (χ0) is 30.7. The van der Waals surface area contributed by atoms with Crippen molar-refractivity contribution in [3.05, 3.63) is 125 Å². The molecule has 0 aliphatic rings. The summed E-state index contributed by atoms with van der Waals surface area (Å²) in [7, 11) is -3.88. The Balaban J connectivity index is 1.42. The second-order valence-electron chi connectivity index (χ2n) is 9.59. The first-order valence-electron chi connectivity index (χ1n) is 13.6. The van der Waals surface area contributed by atoms with Gasteiger partial charge in [0.25, 0.3) is 0 Å². The number of benzene rings is 4. The van der Waals surface area contributed by atoms with Gasteiger partial charge in [0.05, 0.1) is 35.4 Å². The van der Waals surface area contributed by atoms with E-state index in [9.17, 15) is 18.5 Å². The highest BCUT2D eigenvalue weighted by Crippen LogP contribution is 2.29. The maximum atomic E-state index is 13.1. The summed E-state index contributed by atoms with van der Waals surface area (Å²) >= 11 is 0. The molecule has 4 aromatic carbocycles. The van der Waals surface area contributed by atoms with E-state index < -0.39 is 22.0 Å². The summed E-state index contributed by atoms with van der Waals surface area (Å²) in [4.78, 5) is 13.0. The molecule has 0 aliphatic carbocycles. The Bertz CT molecular complexity index is 1720. The summed E-state index contributed by atoms with van der Waals surface area (Å²) in [6.07, 6.45) is 1.29. The van der Waals surface area contributed by atoms with E-state index in [0.717, 1.165) is 11.1 Å². The second kappa shape index (κ2) is 14.8. The first-order chi connectivity index (χ1) is 20.8. The first kappa shape index (κ1) is 31.0. The van der Waals surface area contributed by atoms with Crippen molar-refractivity contribution in [3.8, 4) is 17.6 Å². The summed E-state index contributed by atoms with van der Waals surface area (Å²) < 4.78 is 40.5. The van der Waals surface area contributed by atoms with Crippen LogP contribution in [0.1, 0.15) is 47.2 Å². The molecule has 0 saturated carbocycles. The van der Waals surface area contributed by atoms with E-state index in [1.807, 2.05) is 32.0 Å². The van der Waals surface area contributed by atoms with Crippen LogP contribution in [0.5, 0.6) is 11.5 Å². The van der Waals surface area contributed by atoms with Gasteiger partial charge >= 0.3 is 0 Å². The normalized spacial score (nSPS) is 11.9. The largest absolute Gasteiger partial charge is 0.490 e. The number of sulfonamides is 1. The van der Waals surface area contributed by atoms with E-state index in [-0.39, 0.29) is 17.9 Å². The van der Waals surface area contributed by atoms with Crippen molar-refractivity contribution >= 4 is 22.1 Å². The summed E-state index contributed by atoms with van der Waals surface area (Å²) in [6, 6.07) is 29.2. The third-order valence-electron chi connectivity index (χ3n) is 6.41. The van der Waals surface area contributed by atoms with Crippen LogP contribution in [0.3, 0.4) is 0 Å². The van der Waals surface area contributed by atoms with Gasteiger partial charge in [-0.3, -0.25) is 4.79 Å². The van der Waals surface area contributed by atoms with Gasteiger partial charge in [0, 0.05) is 12.0 Å². The predicted molar refractivity (Wildman–Crippen MR) is 164 cm³/mol. The average Bonchev–Trinajstić information content (AvgIpc) is 3.01. The van der Waals surface area contributed by atoms with Gasteiger partial charge in [-0.2, -0.15) is 10.4 Å². The Hall–Kier alpha value is -4.98. The molecule has 43 heavy (non-hydrogen) atoms. The van der Waals surface area contributed by atoms with Crippen molar-refractivity contribution in [3.63, 3.8) is 0 Å². The average molecular weight is 597 g/mol. The van der Waals surface area contributed by atoms with Crippen LogP contribution in [-0.2, 0) is 21.4 Å². The quantitative estimate of drug-likeness (QED) is 0.157. The molecule has 0 fully saturated rings. The monoisotopic (exact) mass is 596 g/mol. The van der Waals surface area contributed by atoms with Gasteiger partial charge in [-0.1, -0.05) is 66.2 Å². The third-order valence-corrected chi connectivity index (χ3v) is 7.90. The number of hydrogen-bond donors (Lipinski definition) is 2. The molecule has 0 saturated heterocycles. The molecule has 0 aliphatic heterocycles. The summed E-state index contributed by atoms with van der Waals surface area (Å²) in [5.74, 6) is 0.516. The fraction of sp³-hybridized carbons (Fsp3) is 0.182. The van der Waals surface area contributed by atoms with Gasteiger partial charge < -0.3 is 9.47 Å². The smallest absolute Gasteiger partial charge is 0.242 e. The third kappa shape index (κ3) is 8.75. The molecule has 0 aromatic heterocycles. The van der Waals surface area contributed by atoms with Crippen LogP contribution in [0.4, 0.5) is 0 Å². The van der Waals surface area contributed by atoms with Gasteiger partial charge in [0.1, 0.15) is 6.61 Å². The molecule has 0 heterocycles. The van der Waals surface area contributed by atoms with Gasteiger partial charge in [-0.05, 0) is 61.4 Å². The minimum atomic E-state index is -3.88. The van der Waals surface area contributed by atoms with Crippen LogP contribution in [0, 0.1) is 18.3 Å². The van der Waals surface area contributed by atoms with Crippen molar-refractivity contribution in [1.29, 1.82) is 5.26 Å². The fourth-order valence-corrected chi connectivity index (χ4v) is 5.42. The Morgan fingerprint density at radius 2 is 1.67 bits per heavy atom. The number of nitriles is 1. The lowest BCUT2D eigenvalue weighted by Gasteiger charge is -2.18. The molecule has 1 atom stereocenters. The molecule has 9 nitrogen and oxygen atoms in total. The number of amides is 1. The Morgan fingerprint density at radius 1 is 0.953 bits per heavy atom. The van der Waals surface area contributed by atoms with Crippen molar-refractivity contribution in [2.75, 3.05) is 6.61 Å². The highest BCUT2D eigenvalue weighted by molar-refractivity contribution is 7.89. The molecule has 1 amide bonds. The number of aryl methyl sites for hydroxylation is 1. The van der Waals surface area contributed by atoms with Crippen LogP contribution in [0.25, 0.3) is 0 Å². The molecule has 220 valence electrons. The van der Waals surface area contributed by atoms with E-state index in [4.69, 9.17) is 9.47 Å². The molecule has 0 unspecified atom stereocenters. The maximum absolute atomic E-state index is 13.1. The lowest BCUT2D eigenvalue weighted by molar-refractivity contribution is -0.121. The van der Waals surface area contributed by atoms with Crippen LogP contribution < -0.4 is 19.6 Å². The van der Waals surface area contributed by atoms with Gasteiger partial charge in [0.2, 0.25) is 15.9 Å². The van der Waals surface area contributed by atoms with Crippen molar-refractivity contribution in [2.24, 2.45) is 5.10 Å². The highest BCUT2D eigenvalue weighted by Gasteiger charge is 2.23. The molecule has 10 heteroatoms. The minimum Gasteiger partial charge on any atom is -0.490 e. The van der Waals surface area contributed by atoms with E-state index in [2.05, 4.69) is 21.3 Å². The summed E-state index contributed by atoms with van der Waals surface area (Å²) in [5.41, 5.74) is 6.01. The van der Waals surface area contributed by atoms with E-state index in [0.29, 0.717) is 34.8 Å². The van der Waals surface area contributed by atoms with E-state index >= 15 is 0 Å². The summed E-state index contributed by atoms with van der Waals surface area (Å²) in [6.45, 7) is 4.33. The molecule has 0 spiro atoms. The molecule has 4 rings (SSSR count). The number of ether oxygens (including phenoxy) is 2.